The minimum atomic E-state index is -0.585. The van der Waals surface area contributed by atoms with E-state index in [1.54, 1.807) is 14.0 Å². The summed E-state index contributed by atoms with van der Waals surface area (Å²) in [4.78, 5) is 11.8. The first-order chi connectivity index (χ1) is 10.2. The van der Waals surface area contributed by atoms with Crippen molar-refractivity contribution in [3.63, 3.8) is 0 Å². The molecule has 0 bridgehead atoms. The monoisotopic (exact) mass is 295 g/mol. The molecule has 21 heavy (non-hydrogen) atoms. The van der Waals surface area contributed by atoms with Gasteiger partial charge in [-0.1, -0.05) is 13.8 Å². The number of ether oxygens (including phenoxy) is 3. The number of benzene rings is 1. The normalized spacial score (nSPS) is 11.8. The Kier molecular flexibility index (Phi) is 7.61. The molecule has 0 aromatic heterocycles. The lowest BCUT2D eigenvalue weighted by Gasteiger charge is -2.19. The van der Waals surface area contributed by atoms with E-state index in [1.165, 1.54) is 0 Å². The molecule has 1 aromatic carbocycles. The summed E-state index contributed by atoms with van der Waals surface area (Å²) in [6, 6.07) is 5.56. The highest BCUT2D eigenvalue weighted by Crippen LogP contribution is 2.25. The third-order valence-electron chi connectivity index (χ3n) is 3.02. The lowest BCUT2D eigenvalue weighted by atomic mass is 10.1. The van der Waals surface area contributed by atoms with Gasteiger partial charge in [0.25, 0.3) is 0 Å². The second-order valence-electron chi connectivity index (χ2n) is 4.52. The predicted molar refractivity (Wildman–Crippen MR) is 81.7 cm³/mol. The SMILES string of the molecule is CCNCc1cc(OC)ccc1OC(CC)C(=O)OCC. The van der Waals surface area contributed by atoms with Gasteiger partial charge < -0.3 is 19.5 Å². The van der Waals surface area contributed by atoms with Crippen molar-refractivity contribution in [1.82, 2.24) is 5.32 Å². The van der Waals surface area contributed by atoms with Gasteiger partial charge in [0.2, 0.25) is 0 Å². The van der Waals surface area contributed by atoms with Gasteiger partial charge in [0, 0.05) is 12.1 Å². The van der Waals surface area contributed by atoms with E-state index in [9.17, 15) is 4.79 Å². The number of rotatable bonds is 9. The molecule has 1 N–H and O–H groups in total. The summed E-state index contributed by atoms with van der Waals surface area (Å²) < 4.78 is 16.1. The molecule has 118 valence electrons. The summed E-state index contributed by atoms with van der Waals surface area (Å²) in [6.07, 6.45) is -0.0235. The van der Waals surface area contributed by atoms with Crippen LogP contribution in [0.3, 0.4) is 0 Å². The Balaban J connectivity index is 2.90. The summed E-state index contributed by atoms with van der Waals surface area (Å²) in [5.74, 6) is 1.11. The number of carbonyl (C=O) groups is 1. The molecule has 5 nitrogen and oxygen atoms in total. The predicted octanol–water partition coefficient (Wildman–Crippen LogP) is 2.53. The van der Waals surface area contributed by atoms with Gasteiger partial charge in [0.05, 0.1) is 13.7 Å². The average molecular weight is 295 g/mol. The summed E-state index contributed by atoms with van der Waals surface area (Å²) in [5.41, 5.74) is 0.957. The Morgan fingerprint density at radius 2 is 2.05 bits per heavy atom. The van der Waals surface area contributed by atoms with Crippen LogP contribution in [0, 0.1) is 0 Å². The maximum atomic E-state index is 11.8. The molecule has 0 spiro atoms. The fraction of sp³-hybridized carbons (Fsp3) is 0.562. The first-order valence-electron chi connectivity index (χ1n) is 7.37. The van der Waals surface area contributed by atoms with Crippen molar-refractivity contribution in [2.24, 2.45) is 0 Å². The third-order valence-corrected chi connectivity index (χ3v) is 3.02. The van der Waals surface area contributed by atoms with Gasteiger partial charge >= 0.3 is 5.97 Å². The molecule has 1 rings (SSSR count). The Labute approximate surface area is 126 Å². The molecule has 0 aliphatic heterocycles. The second-order valence-corrected chi connectivity index (χ2v) is 4.52. The van der Waals surface area contributed by atoms with E-state index in [2.05, 4.69) is 5.32 Å². The van der Waals surface area contributed by atoms with E-state index in [0.29, 0.717) is 25.3 Å². The molecular formula is C16H25NO4. The molecule has 0 radical (unpaired) electrons. The number of hydrogen-bond acceptors (Lipinski definition) is 5. The van der Waals surface area contributed by atoms with Crippen molar-refractivity contribution in [2.45, 2.75) is 39.8 Å². The molecule has 0 aliphatic carbocycles. The van der Waals surface area contributed by atoms with Gasteiger partial charge in [-0.2, -0.15) is 0 Å². The van der Waals surface area contributed by atoms with E-state index < -0.39 is 6.10 Å². The first-order valence-corrected chi connectivity index (χ1v) is 7.37. The van der Waals surface area contributed by atoms with E-state index >= 15 is 0 Å². The molecule has 1 atom stereocenters. The van der Waals surface area contributed by atoms with E-state index in [4.69, 9.17) is 14.2 Å². The highest BCUT2D eigenvalue weighted by molar-refractivity contribution is 5.75. The fourth-order valence-electron chi connectivity index (χ4n) is 1.88. The molecule has 1 aromatic rings. The number of esters is 1. The summed E-state index contributed by atoms with van der Waals surface area (Å²) in [6.45, 7) is 7.58. The van der Waals surface area contributed by atoms with Crippen molar-refractivity contribution in [3.05, 3.63) is 23.8 Å². The molecule has 0 amide bonds. The van der Waals surface area contributed by atoms with Crippen LogP contribution in [0.25, 0.3) is 0 Å². The van der Waals surface area contributed by atoms with Crippen LogP contribution in [0.2, 0.25) is 0 Å². The molecule has 0 fully saturated rings. The average Bonchev–Trinajstić information content (AvgIpc) is 2.51. The van der Waals surface area contributed by atoms with E-state index in [1.807, 2.05) is 32.0 Å². The number of nitrogens with one attached hydrogen (secondary N) is 1. The molecule has 5 heteroatoms. The Morgan fingerprint density at radius 3 is 2.62 bits per heavy atom. The quantitative estimate of drug-likeness (QED) is 0.709. The van der Waals surface area contributed by atoms with Crippen LogP contribution in [0.5, 0.6) is 11.5 Å². The lowest BCUT2D eigenvalue weighted by Crippen LogP contribution is -2.29. The topological polar surface area (TPSA) is 56.8 Å². The van der Waals surface area contributed by atoms with Gasteiger partial charge in [-0.3, -0.25) is 0 Å². The van der Waals surface area contributed by atoms with Crippen molar-refractivity contribution >= 4 is 5.97 Å². The molecular weight excluding hydrogens is 270 g/mol. The first kappa shape index (κ1) is 17.3. The fourth-order valence-corrected chi connectivity index (χ4v) is 1.88. The van der Waals surface area contributed by atoms with Crippen molar-refractivity contribution in [2.75, 3.05) is 20.3 Å². The number of carbonyl (C=O) groups excluding carboxylic acids is 1. The van der Waals surface area contributed by atoms with Gasteiger partial charge in [-0.15, -0.1) is 0 Å². The Morgan fingerprint density at radius 1 is 1.29 bits per heavy atom. The minimum Gasteiger partial charge on any atom is -0.497 e. The summed E-state index contributed by atoms with van der Waals surface area (Å²) >= 11 is 0. The van der Waals surface area contributed by atoms with Gasteiger partial charge in [0.1, 0.15) is 11.5 Å². The van der Waals surface area contributed by atoms with E-state index in [-0.39, 0.29) is 5.97 Å². The van der Waals surface area contributed by atoms with Crippen molar-refractivity contribution < 1.29 is 19.0 Å². The largest absolute Gasteiger partial charge is 0.497 e. The number of hydrogen-bond donors (Lipinski definition) is 1. The zero-order valence-corrected chi connectivity index (χ0v) is 13.3. The molecule has 0 aliphatic rings. The maximum absolute atomic E-state index is 11.8. The Hall–Kier alpha value is -1.75. The Bertz CT molecular complexity index is 448. The lowest BCUT2D eigenvalue weighted by molar-refractivity contribution is -0.151. The van der Waals surface area contributed by atoms with Crippen molar-refractivity contribution in [3.8, 4) is 11.5 Å². The van der Waals surface area contributed by atoms with Crippen LogP contribution in [0.15, 0.2) is 18.2 Å². The van der Waals surface area contributed by atoms with E-state index in [0.717, 1.165) is 17.9 Å². The third kappa shape index (κ3) is 5.27. The van der Waals surface area contributed by atoms with Gasteiger partial charge in [0.15, 0.2) is 6.10 Å². The molecule has 0 saturated carbocycles. The summed E-state index contributed by atoms with van der Waals surface area (Å²) in [7, 11) is 1.63. The smallest absolute Gasteiger partial charge is 0.347 e. The van der Waals surface area contributed by atoms with Gasteiger partial charge in [-0.25, -0.2) is 4.79 Å². The van der Waals surface area contributed by atoms with Crippen LogP contribution in [-0.2, 0) is 16.1 Å². The van der Waals surface area contributed by atoms with Crippen LogP contribution in [0.1, 0.15) is 32.8 Å². The molecule has 1 unspecified atom stereocenters. The standard InChI is InChI=1S/C16H25NO4/c1-5-14(16(18)20-7-3)21-15-9-8-13(19-4)10-12(15)11-17-6-2/h8-10,14,17H,5-7,11H2,1-4H3. The highest BCUT2D eigenvalue weighted by Gasteiger charge is 2.21. The molecule has 0 heterocycles. The second kappa shape index (κ2) is 9.23. The molecule has 0 saturated heterocycles. The maximum Gasteiger partial charge on any atom is 0.347 e. The van der Waals surface area contributed by atoms with Crippen LogP contribution < -0.4 is 14.8 Å². The zero-order valence-electron chi connectivity index (χ0n) is 13.3. The zero-order chi connectivity index (χ0) is 15.7. The van der Waals surface area contributed by atoms with Crippen LogP contribution in [-0.4, -0.2) is 32.3 Å². The minimum absolute atomic E-state index is 0.329. The van der Waals surface area contributed by atoms with Crippen molar-refractivity contribution in [1.29, 1.82) is 0 Å². The summed E-state index contributed by atoms with van der Waals surface area (Å²) in [5, 5.41) is 3.25. The highest BCUT2D eigenvalue weighted by atomic mass is 16.6. The van der Waals surface area contributed by atoms with Crippen LogP contribution >= 0.6 is 0 Å². The van der Waals surface area contributed by atoms with Gasteiger partial charge in [-0.05, 0) is 38.1 Å². The number of methoxy groups -OCH3 is 1. The van der Waals surface area contributed by atoms with Crippen LogP contribution in [0.4, 0.5) is 0 Å².